The third kappa shape index (κ3) is 21.9. The van der Waals surface area contributed by atoms with Crippen LogP contribution in [0.2, 0.25) is 0 Å². The first-order valence-corrected chi connectivity index (χ1v) is 10.9. The fourth-order valence-corrected chi connectivity index (χ4v) is 3.31. The molecule has 0 saturated carbocycles. The van der Waals surface area contributed by atoms with Crippen LogP contribution in [0.4, 0.5) is 0 Å². The van der Waals surface area contributed by atoms with Crippen LogP contribution in [0.15, 0.2) is 0 Å². The van der Waals surface area contributed by atoms with Crippen molar-refractivity contribution in [1.29, 1.82) is 0 Å². The smallest absolute Gasteiger partial charge is 0.108 e. The second-order valence-corrected chi connectivity index (χ2v) is 7.78. The van der Waals surface area contributed by atoms with Crippen LogP contribution in [-0.2, 0) is 0 Å². The van der Waals surface area contributed by atoms with Crippen molar-refractivity contribution in [2.75, 3.05) is 13.6 Å². The van der Waals surface area contributed by atoms with Gasteiger partial charge in [0, 0.05) is 0 Å². The number of hydroxylamine groups is 4. The Morgan fingerprint density at radius 2 is 0.792 bits per heavy atom. The Bertz CT molecular complexity index is 238. The molecule has 0 aliphatic heterocycles. The lowest BCUT2D eigenvalue weighted by atomic mass is 10.0. The van der Waals surface area contributed by atoms with E-state index in [0.717, 1.165) is 12.8 Å². The van der Waals surface area contributed by atoms with Gasteiger partial charge in [-0.25, -0.2) is 10.0 Å². The van der Waals surface area contributed by atoms with Crippen LogP contribution in [0.25, 0.3) is 0 Å². The van der Waals surface area contributed by atoms with E-state index in [1.807, 2.05) is 0 Å². The van der Waals surface area contributed by atoms with Crippen LogP contribution in [-0.4, -0.2) is 23.6 Å². The van der Waals surface area contributed by atoms with Crippen molar-refractivity contribution in [3.63, 3.8) is 0 Å². The van der Waals surface area contributed by atoms with Crippen LogP contribution >= 0.6 is 0 Å². The highest BCUT2D eigenvalue weighted by Gasteiger charge is 2.03. The molecule has 1 N–H and O–H groups in total. The van der Waals surface area contributed by atoms with Gasteiger partial charge >= 0.3 is 0 Å². The zero-order valence-corrected chi connectivity index (χ0v) is 16.7. The number of hydrogen-bond donors (Lipinski definition) is 1. The predicted octanol–water partition coefficient (Wildman–Crippen LogP) is 7.36. The molecule has 0 aromatic heterocycles. The molecule has 0 aromatic carbocycles. The summed E-state index contributed by atoms with van der Waals surface area (Å²) in [4.78, 5) is -1.13. The molecule has 0 amide bonds. The first kappa shape index (κ1) is 23.9. The van der Waals surface area contributed by atoms with Crippen molar-refractivity contribution in [2.45, 2.75) is 122 Å². The summed E-state index contributed by atoms with van der Waals surface area (Å²) in [5.74, 6) is 0. The van der Waals surface area contributed by atoms with Crippen molar-refractivity contribution < 1.29 is 10.0 Å². The van der Waals surface area contributed by atoms with Gasteiger partial charge in [-0.15, -0.1) is 0 Å². The molecule has 0 aromatic rings. The van der Waals surface area contributed by atoms with E-state index >= 15 is 0 Å². The third-order valence-electron chi connectivity index (χ3n) is 4.93. The number of hydrogen-bond acceptors (Lipinski definition) is 2. The fraction of sp³-hybridized carbons (Fsp3) is 1.00. The Morgan fingerprint density at radius 1 is 0.542 bits per heavy atom. The van der Waals surface area contributed by atoms with Gasteiger partial charge in [0.2, 0.25) is 0 Å². The first-order valence-electron chi connectivity index (χ1n) is 10.9. The highest BCUT2D eigenvalue weighted by Crippen LogP contribution is 2.14. The quantitative estimate of drug-likeness (QED) is 0.151. The zero-order chi connectivity index (χ0) is 17.9. The van der Waals surface area contributed by atoms with Gasteiger partial charge in [-0.05, 0) is 12.8 Å². The van der Waals surface area contributed by atoms with Gasteiger partial charge in [0.05, 0.1) is 7.05 Å². The monoisotopic (exact) mass is 343 g/mol. The number of unbranched alkanes of at least 4 members (excludes halogenated alkanes) is 17. The molecular formula is C21H45NO2. The summed E-state index contributed by atoms with van der Waals surface area (Å²) in [6.07, 6.45) is 24.2. The number of nitrogens with zero attached hydrogens (tertiary/aromatic N) is 1. The minimum Gasteiger partial charge on any atom is -0.599 e. The molecule has 0 spiro atoms. The van der Waals surface area contributed by atoms with Crippen LogP contribution in [0, 0.1) is 5.21 Å². The summed E-state index contributed by atoms with van der Waals surface area (Å²) in [5, 5.41) is 20.0. The molecule has 0 bridgehead atoms. The average molecular weight is 344 g/mol. The lowest BCUT2D eigenvalue weighted by Gasteiger charge is -2.28. The summed E-state index contributed by atoms with van der Waals surface area (Å²) < 4.78 is 0. The molecule has 0 rings (SSSR count). The van der Waals surface area contributed by atoms with Crippen molar-refractivity contribution in [3.05, 3.63) is 5.21 Å². The Hall–Kier alpha value is -0.120. The van der Waals surface area contributed by atoms with E-state index in [1.54, 1.807) is 0 Å². The first-order chi connectivity index (χ1) is 11.6. The Labute approximate surface area is 152 Å². The van der Waals surface area contributed by atoms with Gasteiger partial charge in [-0.2, -0.15) is 0 Å². The van der Waals surface area contributed by atoms with E-state index in [-0.39, 0.29) is 0 Å². The van der Waals surface area contributed by atoms with Gasteiger partial charge in [0.1, 0.15) is 6.54 Å². The van der Waals surface area contributed by atoms with Gasteiger partial charge in [-0.3, -0.25) is 0 Å². The van der Waals surface area contributed by atoms with E-state index in [0.29, 0.717) is 6.54 Å². The molecule has 1 atom stereocenters. The van der Waals surface area contributed by atoms with E-state index in [9.17, 15) is 5.21 Å². The Balaban J connectivity index is 3.00. The van der Waals surface area contributed by atoms with Gasteiger partial charge in [0.25, 0.3) is 0 Å². The molecule has 0 radical (unpaired) electrons. The van der Waals surface area contributed by atoms with Crippen LogP contribution < -0.4 is 0 Å². The average Bonchev–Trinajstić information content (AvgIpc) is 2.52. The van der Waals surface area contributed by atoms with E-state index in [4.69, 9.17) is 5.21 Å². The summed E-state index contributed by atoms with van der Waals surface area (Å²) in [6.45, 7) is 2.61. The predicted molar refractivity (Wildman–Crippen MR) is 105 cm³/mol. The van der Waals surface area contributed by atoms with Crippen LogP contribution in [0.1, 0.15) is 122 Å². The summed E-state index contributed by atoms with van der Waals surface area (Å²) in [5.41, 5.74) is 0. The minimum atomic E-state index is -1.13. The Morgan fingerprint density at radius 3 is 1.04 bits per heavy atom. The molecular weight excluding hydrogens is 298 g/mol. The summed E-state index contributed by atoms with van der Waals surface area (Å²) in [6, 6.07) is 0. The van der Waals surface area contributed by atoms with Crippen LogP contribution in [0.5, 0.6) is 0 Å². The zero-order valence-electron chi connectivity index (χ0n) is 16.7. The van der Waals surface area contributed by atoms with Crippen molar-refractivity contribution in [2.24, 2.45) is 0 Å². The SMILES string of the molecule is CCCCCCCCCCCCCCCCCCCC[N+](C)([O-])O. The third-order valence-corrected chi connectivity index (χ3v) is 4.93. The maximum atomic E-state index is 11.0. The summed E-state index contributed by atoms with van der Waals surface area (Å²) >= 11 is 0. The molecule has 146 valence electrons. The summed E-state index contributed by atoms with van der Waals surface area (Å²) in [7, 11) is 1.30. The largest absolute Gasteiger partial charge is 0.599 e. The molecule has 0 saturated heterocycles. The molecule has 3 nitrogen and oxygen atoms in total. The molecule has 3 heteroatoms. The van der Waals surface area contributed by atoms with Crippen molar-refractivity contribution in [1.82, 2.24) is 0 Å². The van der Waals surface area contributed by atoms with Gasteiger partial charge < -0.3 is 5.21 Å². The number of rotatable bonds is 19. The highest BCUT2D eigenvalue weighted by molar-refractivity contribution is 4.50. The highest BCUT2D eigenvalue weighted by atomic mass is 16.8. The second kappa shape index (κ2) is 17.7. The normalized spacial score (nSPS) is 14.0. The maximum Gasteiger partial charge on any atom is 0.108 e. The van der Waals surface area contributed by atoms with Crippen LogP contribution in [0.3, 0.4) is 0 Å². The van der Waals surface area contributed by atoms with Crippen molar-refractivity contribution >= 4 is 0 Å². The number of quaternary nitrogens is 1. The fourth-order valence-electron chi connectivity index (χ4n) is 3.31. The molecule has 1 unspecified atom stereocenters. The molecule has 0 aliphatic carbocycles. The lowest BCUT2D eigenvalue weighted by Crippen LogP contribution is -2.33. The molecule has 0 fully saturated rings. The lowest BCUT2D eigenvalue weighted by molar-refractivity contribution is -1.05. The van der Waals surface area contributed by atoms with Gasteiger partial charge in [0.15, 0.2) is 0 Å². The van der Waals surface area contributed by atoms with E-state index < -0.39 is 4.81 Å². The van der Waals surface area contributed by atoms with Crippen molar-refractivity contribution in [3.8, 4) is 0 Å². The maximum absolute atomic E-state index is 11.0. The topological polar surface area (TPSA) is 43.3 Å². The minimum absolute atomic E-state index is 0.332. The Kier molecular flexibility index (Phi) is 17.6. The molecule has 24 heavy (non-hydrogen) atoms. The molecule has 0 heterocycles. The van der Waals surface area contributed by atoms with E-state index in [1.165, 1.54) is 110 Å². The molecule has 0 aliphatic rings. The van der Waals surface area contributed by atoms with Gasteiger partial charge in [-0.1, -0.05) is 110 Å². The van der Waals surface area contributed by atoms with E-state index in [2.05, 4.69) is 6.92 Å². The standard InChI is InChI=1S/C21H45NO2/c1-3-4-5-6-7-8-9-10-11-12-13-14-15-16-17-18-19-20-21-22(2,23)24/h23H,3-21H2,1-2H3. The second-order valence-electron chi connectivity index (χ2n) is 7.78.